The van der Waals surface area contributed by atoms with Crippen molar-refractivity contribution in [2.75, 3.05) is 11.9 Å². The molecule has 0 saturated heterocycles. The predicted octanol–water partition coefficient (Wildman–Crippen LogP) is 3.42. The van der Waals surface area contributed by atoms with E-state index in [0.717, 1.165) is 5.56 Å². The van der Waals surface area contributed by atoms with E-state index < -0.39 is 11.9 Å². The summed E-state index contributed by atoms with van der Waals surface area (Å²) < 4.78 is 11.8. The molecule has 8 heteroatoms. The SMILES string of the molecule is CCOC(=O)c1cnn2ccc(NC(=O)c3cc(-c4ccccc4)on3)cc12. The van der Waals surface area contributed by atoms with Gasteiger partial charge >= 0.3 is 5.97 Å². The van der Waals surface area contributed by atoms with Crippen LogP contribution in [0.4, 0.5) is 5.69 Å². The van der Waals surface area contributed by atoms with E-state index in [1.165, 1.54) is 10.7 Å². The number of hydrogen-bond acceptors (Lipinski definition) is 6. The Hall–Kier alpha value is -3.94. The molecule has 3 heterocycles. The van der Waals surface area contributed by atoms with Gasteiger partial charge in [0.1, 0.15) is 5.56 Å². The van der Waals surface area contributed by atoms with Crippen LogP contribution in [0.1, 0.15) is 27.8 Å². The van der Waals surface area contributed by atoms with Gasteiger partial charge in [-0.15, -0.1) is 0 Å². The number of nitrogens with zero attached hydrogens (tertiary/aromatic N) is 3. The Bertz CT molecular complexity index is 1150. The number of esters is 1. The van der Waals surface area contributed by atoms with Crippen LogP contribution < -0.4 is 5.32 Å². The lowest BCUT2D eigenvalue weighted by molar-refractivity contribution is 0.0528. The summed E-state index contributed by atoms with van der Waals surface area (Å²) in [6, 6.07) is 14.3. The molecule has 1 aromatic carbocycles. The zero-order valence-corrected chi connectivity index (χ0v) is 15.0. The van der Waals surface area contributed by atoms with Crippen molar-refractivity contribution in [3.8, 4) is 11.3 Å². The second kappa shape index (κ2) is 7.36. The molecule has 3 aromatic heterocycles. The zero-order chi connectivity index (χ0) is 19.5. The van der Waals surface area contributed by atoms with Crippen molar-refractivity contribution in [3.05, 3.63) is 72.2 Å². The second-order valence-corrected chi connectivity index (χ2v) is 5.92. The minimum atomic E-state index is -0.468. The fraction of sp³-hybridized carbons (Fsp3) is 0.100. The van der Waals surface area contributed by atoms with Gasteiger partial charge in [0.05, 0.1) is 18.3 Å². The number of carbonyl (C=O) groups excluding carboxylic acids is 2. The van der Waals surface area contributed by atoms with Crippen molar-refractivity contribution in [1.29, 1.82) is 0 Å². The molecule has 1 amide bonds. The van der Waals surface area contributed by atoms with Crippen molar-refractivity contribution in [2.24, 2.45) is 0 Å². The van der Waals surface area contributed by atoms with Crippen LogP contribution in [-0.4, -0.2) is 33.3 Å². The Balaban J connectivity index is 1.56. The maximum Gasteiger partial charge on any atom is 0.341 e. The van der Waals surface area contributed by atoms with Gasteiger partial charge in [0.25, 0.3) is 5.91 Å². The van der Waals surface area contributed by atoms with Gasteiger partial charge in [0.2, 0.25) is 0 Å². The lowest BCUT2D eigenvalue weighted by Crippen LogP contribution is -2.12. The van der Waals surface area contributed by atoms with E-state index in [1.807, 2.05) is 30.3 Å². The largest absolute Gasteiger partial charge is 0.462 e. The van der Waals surface area contributed by atoms with Crippen molar-refractivity contribution >= 4 is 23.1 Å². The topological polar surface area (TPSA) is 98.7 Å². The van der Waals surface area contributed by atoms with Gasteiger partial charge in [0, 0.05) is 23.5 Å². The highest BCUT2D eigenvalue weighted by Crippen LogP contribution is 2.21. The molecule has 0 aliphatic rings. The fourth-order valence-corrected chi connectivity index (χ4v) is 2.74. The van der Waals surface area contributed by atoms with E-state index in [1.54, 1.807) is 31.3 Å². The van der Waals surface area contributed by atoms with Gasteiger partial charge in [-0.3, -0.25) is 4.79 Å². The molecule has 0 spiro atoms. The van der Waals surface area contributed by atoms with Gasteiger partial charge in [-0.2, -0.15) is 5.10 Å². The molecule has 1 N–H and O–H groups in total. The molecule has 0 bridgehead atoms. The summed E-state index contributed by atoms with van der Waals surface area (Å²) in [5, 5.41) is 10.7. The Morgan fingerprint density at radius 3 is 2.79 bits per heavy atom. The van der Waals surface area contributed by atoms with Crippen LogP contribution in [0.3, 0.4) is 0 Å². The van der Waals surface area contributed by atoms with Crippen LogP contribution in [0.2, 0.25) is 0 Å². The molecule has 140 valence electrons. The number of aromatic nitrogens is 3. The number of amides is 1. The number of benzene rings is 1. The third-order valence-corrected chi connectivity index (χ3v) is 4.08. The van der Waals surface area contributed by atoms with E-state index in [2.05, 4.69) is 15.6 Å². The number of ether oxygens (including phenoxy) is 1. The molecule has 0 fully saturated rings. The normalized spacial score (nSPS) is 10.8. The van der Waals surface area contributed by atoms with Crippen LogP contribution in [0.5, 0.6) is 0 Å². The summed E-state index contributed by atoms with van der Waals surface area (Å²) in [6.07, 6.45) is 3.08. The molecule has 0 aliphatic heterocycles. The van der Waals surface area contributed by atoms with E-state index in [0.29, 0.717) is 22.5 Å². The first kappa shape index (κ1) is 17.5. The Labute approximate surface area is 159 Å². The molecule has 8 nitrogen and oxygen atoms in total. The molecule has 0 saturated carbocycles. The van der Waals surface area contributed by atoms with Gasteiger partial charge < -0.3 is 14.6 Å². The first-order chi connectivity index (χ1) is 13.7. The second-order valence-electron chi connectivity index (χ2n) is 5.92. The Morgan fingerprint density at radius 2 is 2.00 bits per heavy atom. The summed E-state index contributed by atoms with van der Waals surface area (Å²) in [4.78, 5) is 24.5. The number of nitrogens with one attached hydrogen (secondary N) is 1. The summed E-state index contributed by atoms with van der Waals surface area (Å²) in [7, 11) is 0. The van der Waals surface area contributed by atoms with Crippen LogP contribution >= 0.6 is 0 Å². The quantitative estimate of drug-likeness (QED) is 0.536. The number of rotatable bonds is 5. The first-order valence-electron chi connectivity index (χ1n) is 8.63. The number of anilines is 1. The van der Waals surface area contributed by atoms with Crippen molar-refractivity contribution < 1.29 is 18.8 Å². The smallest absolute Gasteiger partial charge is 0.341 e. The molecule has 0 unspecified atom stereocenters. The van der Waals surface area contributed by atoms with Gasteiger partial charge in [0.15, 0.2) is 11.5 Å². The first-order valence-corrected chi connectivity index (χ1v) is 8.63. The van der Waals surface area contributed by atoms with Gasteiger partial charge in [-0.25, -0.2) is 9.31 Å². The molecule has 0 atom stereocenters. The molecule has 0 radical (unpaired) electrons. The molecule has 4 aromatic rings. The highest BCUT2D eigenvalue weighted by Gasteiger charge is 2.17. The minimum Gasteiger partial charge on any atom is -0.462 e. The average molecular weight is 376 g/mol. The number of pyridine rings is 1. The van der Waals surface area contributed by atoms with Gasteiger partial charge in [-0.1, -0.05) is 35.5 Å². The third-order valence-electron chi connectivity index (χ3n) is 4.08. The van der Waals surface area contributed by atoms with E-state index >= 15 is 0 Å². The molecule has 4 rings (SSSR count). The van der Waals surface area contributed by atoms with E-state index in [4.69, 9.17) is 9.26 Å². The molecular formula is C20H16N4O4. The number of hydrogen-bond donors (Lipinski definition) is 1. The monoisotopic (exact) mass is 376 g/mol. The highest BCUT2D eigenvalue weighted by atomic mass is 16.5. The minimum absolute atomic E-state index is 0.151. The number of fused-ring (bicyclic) bond motifs is 1. The van der Waals surface area contributed by atoms with Crippen molar-refractivity contribution in [3.63, 3.8) is 0 Å². The van der Waals surface area contributed by atoms with E-state index in [-0.39, 0.29) is 12.3 Å². The zero-order valence-electron chi connectivity index (χ0n) is 15.0. The van der Waals surface area contributed by atoms with Crippen molar-refractivity contribution in [1.82, 2.24) is 14.8 Å². The summed E-state index contributed by atoms with van der Waals surface area (Å²) >= 11 is 0. The molecule has 28 heavy (non-hydrogen) atoms. The summed E-state index contributed by atoms with van der Waals surface area (Å²) in [5.74, 6) is -0.390. The summed E-state index contributed by atoms with van der Waals surface area (Å²) in [6.45, 7) is 2.00. The average Bonchev–Trinajstić information content (AvgIpc) is 3.36. The molecular weight excluding hydrogens is 360 g/mol. The maximum absolute atomic E-state index is 12.5. The Morgan fingerprint density at radius 1 is 1.18 bits per heavy atom. The van der Waals surface area contributed by atoms with Crippen molar-refractivity contribution in [2.45, 2.75) is 6.92 Å². The van der Waals surface area contributed by atoms with Crippen LogP contribution in [-0.2, 0) is 4.74 Å². The fourth-order valence-electron chi connectivity index (χ4n) is 2.74. The highest BCUT2D eigenvalue weighted by molar-refractivity contribution is 6.04. The maximum atomic E-state index is 12.5. The van der Waals surface area contributed by atoms with Gasteiger partial charge in [-0.05, 0) is 19.1 Å². The van der Waals surface area contributed by atoms with Crippen LogP contribution in [0, 0.1) is 0 Å². The lowest BCUT2D eigenvalue weighted by atomic mass is 10.1. The van der Waals surface area contributed by atoms with Crippen LogP contribution in [0.25, 0.3) is 16.8 Å². The lowest BCUT2D eigenvalue weighted by Gasteiger charge is -2.04. The number of carbonyl (C=O) groups is 2. The standard InChI is InChI=1S/C20H16N4O4/c1-2-27-20(26)15-12-21-24-9-8-14(10-17(15)24)22-19(25)16-11-18(28-23-16)13-6-4-3-5-7-13/h3-12H,2H2,1H3,(H,22,25). The Kier molecular flexibility index (Phi) is 4.59. The molecule has 0 aliphatic carbocycles. The summed E-state index contributed by atoms with van der Waals surface area (Å²) in [5.41, 5.74) is 2.33. The van der Waals surface area contributed by atoms with Crippen LogP contribution in [0.15, 0.2) is 65.4 Å². The van der Waals surface area contributed by atoms with E-state index in [9.17, 15) is 9.59 Å². The predicted molar refractivity (Wildman–Crippen MR) is 101 cm³/mol. The third kappa shape index (κ3) is 3.35.